The SMILES string of the molecule is O=C(O)CC1SC(=NN=Cc2ccc(N3CCN(C(c4ccc(F)cc4)c4ccc(F)cc4)CC3)cc2)NC1=O. The number of amides is 1. The maximum Gasteiger partial charge on any atom is 0.305 e. The fourth-order valence-electron chi connectivity index (χ4n) is 4.81. The highest BCUT2D eigenvalue weighted by atomic mass is 32.2. The van der Waals surface area contributed by atoms with Crippen LogP contribution in [0.15, 0.2) is 83.0 Å². The first-order chi connectivity index (χ1) is 19.4. The largest absolute Gasteiger partial charge is 0.481 e. The molecule has 1 unspecified atom stereocenters. The molecular weight excluding hydrogens is 536 g/mol. The summed E-state index contributed by atoms with van der Waals surface area (Å²) in [6, 6.07) is 20.7. The van der Waals surface area contributed by atoms with Gasteiger partial charge in [-0.1, -0.05) is 48.2 Å². The molecule has 206 valence electrons. The van der Waals surface area contributed by atoms with Gasteiger partial charge in [-0.3, -0.25) is 14.5 Å². The highest BCUT2D eigenvalue weighted by Gasteiger charge is 2.32. The van der Waals surface area contributed by atoms with Gasteiger partial charge < -0.3 is 15.3 Å². The standard InChI is InChI=1S/C29H27F2N5O3S/c30-22-7-3-20(4-8-22)27(21-5-9-23(31)10-6-21)36-15-13-35(14-16-36)24-11-1-19(2-12-24)18-32-34-29-33-28(39)25(40-29)17-26(37)38/h1-12,18,25,27H,13-17H2,(H,37,38)(H,33,34,39). The summed E-state index contributed by atoms with van der Waals surface area (Å²) in [7, 11) is 0. The van der Waals surface area contributed by atoms with E-state index in [2.05, 4.69) is 25.3 Å². The monoisotopic (exact) mass is 563 g/mol. The van der Waals surface area contributed by atoms with E-state index >= 15 is 0 Å². The van der Waals surface area contributed by atoms with Crippen molar-refractivity contribution in [3.8, 4) is 0 Å². The number of carboxylic acid groups (broad SMARTS) is 1. The third kappa shape index (κ3) is 6.72. The summed E-state index contributed by atoms with van der Waals surface area (Å²) in [5.41, 5.74) is 3.82. The van der Waals surface area contributed by atoms with Crippen LogP contribution in [0.2, 0.25) is 0 Å². The van der Waals surface area contributed by atoms with Gasteiger partial charge in [0.2, 0.25) is 5.91 Å². The van der Waals surface area contributed by atoms with E-state index in [0.717, 1.165) is 60.3 Å². The molecule has 0 aliphatic carbocycles. The van der Waals surface area contributed by atoms with E-state index in [9.17, 15) is 18.4 Å². The summed E-state index contributed by atoms with van der Waals surface area (Å²) in [5.74, 6) is -2.01. The van der Waals surface area contributed by atoms with Gasteiger partial charge >= 0.3 is 5.97 Å². The summed E-state index contributed by atoms with van der Waals surface area (Å²) < 4.78 is 27.2. The van der Waals surface area contributed by atoms with Crippen LogP contribution in [-0.2, 0) is 9.59 Å². The van der Waals surface area contributed by atoms with Crippen LogP contribution in [-0.4, -0.2) is 64.7 Å². The normalized spacial score (nSPS) is 19.1. The molecule has 8 nitrogen and oxygen atoms in total. The quantitative estimate of drug-likeness (QED) is 0.314. The summed E-state index contributed by atoms with van der Waals surface area (Å²) in [5, 5.41) is 19.0. The number of carbonyl (C=O) groups excluding carboxylic acids is 1. The number of carboxylic acids is 1. The van der Waals surface area contributed by atoms with E-state index in [1.54, 1.807) is 30.5 Å². The van der Waals surface area contributed by atoms with Crippen LogP contribution in [0.25, 0.3) is 0 Å². The van der Waals surface area contributed by atoms with Crippen molar-refractivity contribution in [3.63, 3.8) is 0 Å². The van der Waals surface area contributed by atoms with Crippen LogP contribution < -0.4 is 10.2 Å². The van der Waals surface area contributed by atoms with E-state index in [1.165, 1.54) is 24.3 Å². The Hall–Kier alpha value is -4.09. The number of hydrogen-bond acceptors (Lipinski definition) is 7. The van der Waals surface area contributed by atoms with Crippen molar-refractivity contribution in [2.45, 2.75) is 17.7 Å². The summed E-state index contributed by atoms with van der Waals surface area (Å²) in [6.07, 6.45) is 1.30. The molecule has 0 aromatic heterocycles. The summed E-state index contributed by atoms with van der Waals surface area (Å²) in [4.78, 5) is 27.3. The van der Waals surface area contributed by atoms with Crippen LogP contribution in [0.3, 0.4) is 0 Å². The van der Waals surface area contributed by atoms with Crippen molar-refractivity contribution >= 4 is 40.7 Å². The van der Waals surface area contributed by atoms with Gasteiger partial charge in [0, 0.05) is 31.9 Å². The molecule has 2 saturated heterocycles. The van der Waals surface area contributed by atoms with Gasteiger partial charge in [0.15, 0.2) is 5.17 Å². The van der Waals surface area contributed by atoms with Crippen LogP contribution in [0, 0.1) is 11.6 Å². The average molecular weight is 564 g/mol. The lowest BCUT2D eigenvalue weighted by molar-refractivity contribution is -0.138. The lowest BCUT2D eigenvalue weighted by Gasteiger charge is -2.40. The first-order valence-electron chi connectivity index (χ1n) is 12.8. The zero-order valence-corrected chi connectivity index (χ0v) is 22.2. The predicted molar refractivity (Wildman–Crippen MR) is 152 cm³/mol. The molecule has 2 fully saturated rings. The Morgan fingerprint density at radius 3 is 2.08 bits per heavy atom. The second-order valence-corrected chi connectivity index (χ2v) is 10.7. The van der Waals surface area contributed by atoms with Crippen molar-refractivity contribution in [3.05, 3.63) is 101 Å². The van der Waals surface area contributed by atoms with Gasteiger partial charge in [0.05, 0.1) is 18.7 Å². The Morgan fingerprint density at radius 2 is 1.52 bits per heavy atom. The van der Waals surface area contributed by atoms with Crippen LogP contribution in [0.1, 0.15) is 29.2 Å². The first-order valence-corrected chi connectivity index (χ1v) is 13.6. The third-order valence-electron chi connectivity index (χ3n) is 6.80. The highest BCUT2D eigenvalue weighted by Crippen LogP contribution is 2.31. The smallest absolute Gasteiger partial charge is 0.305 e. The number of anilines is 1. The molecule has 3 aromatic rings. The summed E-state index contributed by atoms with van der Waals surface area (Å²) >= 11 is 1.05. The fourth-order valence-corrected chi connectivity index (χ4v) is 5.72. The second kappa shape index (κ2) is 12.4. The molecule has 2 aliphatic rings. The molecule has 40 heavy (non-hydrogen) atoms. The number of thioether (sulfide) groups is 1. The van der Waals surface area contributed by atoms with Gasteiger partial charge in [0.25, 0.3) is 0 Å². The van der Waals surface area contributed by atoms with Crippen LogP contribution in [0.4, 0.5) is 14.5 Å². The number of piperazine rings is 1. The molecule has 1 amide bonds. The Kier molecular flexibility index (Phi) is 8.51. The maximum absolute atomic E-state index is 13.6. The number of amidine groups is 1. The molecular formula is C29H27F2N5O3S. The number of rotatable bonds is 8. The molecule has 1 atom stereocenters. The Morgan fingerprint density at radius 1 is 0.950 bits per heavy atom. The molecule has 3 aromatic carbocycles. The van der Waals surface area contributed by atoms with Crippen LogP contribution >= 0.6 is 11.8 Å². The third-order valence-corrected chi connectivity index (χ3v) is 7.87. The minimum absolute atomic E-state index is 0.106. The lowest BCUT2D eigenvalue weighted by atomic mass is 9.96. The summed E-state index contributed by atoms with van der Waals surface area (Å²) in [6.45, 7) is 3.11. The van der Waals surface area contributed by atoms with Gasteiger partial charge in [-0.2, -0.15) is 5.10 Å². The molecule has 0 bridgehead atoms. The lowest BCUT2D eigenvalue weighted by Crippen LogP contribution is -2.48. The number of benzene rings is 3. The van der Waals surface area contributed by atoms with E-state index in [0.29, 0.717) is 0 Å². The van der Waals surface area contributed by atoms with E-state index < -0.39 is 11.2 Å². The molecule has 0 spiro atoms. The molecule has 2 heterocycles. The highest BCUT2D eigenvalue weighted by molar-refractivity contribution is 8.15. The van der Waals surface area contributed by atoms with Crippen molar-refractivity contribution in [1.29, 1.82) is 0 Å². The van der Waals surface area contributed by atoms with Gasteiger partial charge in [-0.25, -0.2) is 8.78 Å². The number of halogens is 2. The van der Waals surface area contributed by atoms with E-state index in [-0.39, 0.29) is 35.2 Å². The van der Waals surface area contributed by atoms with Crippen molar-refractivity contribution in [2.75, 3.05) is 31.1 Å². The van der Waals surface area contributed by atoms with Crippen LogP contribution in [0.5, 0.6) is 0 Å². The Balaban J connectivity index is 1.20. The molecule has 2 aliphatic heterocycles. The molecule has 5 rings (SSSR count). The number of nitrogens with zero attached hydrogens (tertiary/aromatic N) is 4. The number of carbonyl (C=O) groups is 2. The maximum atomic E-state index is 13.6. The number of hydrogen-bond donors (Lipinski definition) is 2. The zero-order chi connectivity index (χ0) is 28.1. The van der Waals surface area contributed by atoms with Gasteiger partial charge in [-0.05, 0) is 53.1 Å². The second-order valence-electron chi connectivity index (χ2n) is 9.46. The molecule has 2 N–H and O–H groups in total. The minimum Gasteiger partial charge on any atom is -0.481 e. The minimum atomic E-state index is -1.04. The van der Waals surface area contributed by atoms with Crippen molar-refractivity contribution in [2.24, 2.45) is 10.2 Å². The Bertz CT molecular complexity index is 1360. The molecule has 0 saturated carbocycles. The topological polar surface area (TPSA) is 97.6 Å². The molecule has 0 radical (unpaired) electrons. The van der Waals surface area contributed by atoms with E-state index in [1.807, 2.05) is 24.3 Å². The van der Waals surface area contributed by atoms with Gasteiger partial charge in [0.1, 0.15) is 16.9 Å². The van der Waals surface area contributed by atoms with E-state index in [4.69, 9.17) is 5.11 Å². The molecule has 11 heteroatoms. The number of nitrogens with one attached hydrogen (secondary N) is 1. The average Bonchev–Trinajstić information content (AvgIpc) is 3.29. The predicted octanol–water partition coefficient (Wildman–Crippen LogP) is 4.27. The Labute approximate surface area is 234 Å². The fraction of sp³-hybridized carbons (Fsp3) is 0.241. The zero-order valence-electron chi connectivity index (χ0n) is 21.4. The number of aliphatic carboxylic acids is 1. The first kappa shape index (κ1) is 27.5. The van der Waals surface area contributed by atoms with Crippen molar-refractivity contribution in [1.82, 2.24) is 10.2 Å². The van der Waals surface area contributed by atoms with Crippen molar-refractivity contribution < 1.29 is 23.5 Å². The van der Waals surface area contributed by atoms with Gasteiger partial charge in [-0.15, -0.1) is 5.10 Å².